The molecule has 0 aliphatic rings. The van der Waals surface area contributed by atoms with Crippen LogP contribution < -0.4 is 0 Å². The second-order valence-corrected chi connectivity index (χ2v) is 6.03. The molecule has 100 valence electrons. The Morgan fingerprint density at radius 2 is 1.90 bits per heavy atom. The summed E-state index contributed by atoms with van der Waals surface area (Å²) < 4.78 is 14.6. The van der Waals surface area contributed by atoms with Crippen molar-refractivity contribution in [3.63, 3.8) is 0 Å². The van der Waals surface area contributed by atoms with E-state index in [0.717, 1.165) is 15.4 Å². The first-order valence-electron chi connectivity index (χ1n) is 5.83. The summed E-state index contributed by atoms with van der Waals surface area (Å²) in [6, 6.07) is 10.1. The highest BCUT2D eigenvalue weighted by Crippen LogP contribution is 2.28. The lowest BCUT2D eigenvalue weighted by Gasteiger charge is -2.04. The molecule has 20 heavy (non-hydrogen) atoms. The summed E-state index contributed by atoms with van der Waals surface area (Å²) in [5, 5.41) is 0.806. The van der Waals surface area contributed by atoms with E-state index < -0.39 is 5.82 Å². The molecule has 1 heterocycles. The minimum Gasteiger partial charge on any atom is -0.360 e. The molecule has 0 aliphatic carbocycles. The van der Waals surface area contributed by atoms with Crippen molar-refractivity contribution < 1.29 is 9.18 Å². The van der Waals surface area contributed by atoms with E-state index in [1.165, 1.54) is 12.1 Å². The Labute approximate surface area is 131 Å². The summed E-state index contributed by atoms with van der Waals surface area (Å²) in [6.07, 6.45) is 1.65. The number of benzene rings is 2. The summed E-state index contributed by atoms with van der Waals surface area (Å²) in [4.78, 5) is 15.6. The van der Waals surface area contributed by atoms with Crippen LogP contribution in [-0.4, -0.2) is 10.8 Å². The molecule has 0 radical (unpaired) electrons. The zero-order chi connectivity index (χ0) is 14.3. The van der Waals surface area contributed by atoms with Crippen molar-refractivity contribution in [1.29, 1.82) is 0 Å². The Hall–Kier alpha value is -1.46. The average molecular weight is 397 g/mol. The van der Waals surface area contributed by atoms with Gasteiger partial charge < -0.3 is 4.98 Å². The van der Waals surface area contributed by atoms with E-state index in [9.17, 15) is 9.18 Å². The van der Waals surface area contributed by atoms with Gasteiger partial charge >= 0.3 is 0 Å². The van der Waals surface area contributed by atoms with E-state index in [-0.39, 0.29) is 10.3 Å². The van der Waals surface area contributed by atoms with E-state index in [1.807, 2.05) is 18.2 Å². The second-order valence-electron chi connectivity index (χ2n) is 4.32. The van der Waals surface area contributed by atoms with Gasteiger partial charge in [0.25, 0.3) is 0 Å². The van der Waals surface area contributed by atoms with Gasteiger partial charge in [0.15, 0.2) is 5.78 Å². The third-order valence-corrected chi connectivity index (χ3v) is 4.38. The highest BCUT2D eigenvalue weighted by atomic mass is 79.9. The number of ketones is 1. The molecule has 0 aliphatic heterocycles. The van der Waals surface area contributed by atoms with Crippen LogP contribution in [0.4, 0.5) is 4.39 Å². The first-order chi connectivity index (χ1) is 9.58. The molecule has 2 nitrogen and oxygen atoms in total. The molecule has 0 fully saturated rings. The molecule has 0 spiro atoms. The van der Waals surface area contributed by atoms with Gasteiger partial charge in [0.1, 0.15) is 5.82 Å². The van der Waals surface area contributed by atoms with Crippen molar-refractivity contribution in [2.75, 3.05) is 0 Å². The molecular weight excluding hydrogens is 389 g/mol. The Balaban J connectivity index is 2.18. The highest BCUT2D eigenvalue weighted by Gasteiger charge is 2.18. The number of carbonyl (C=O) groups is 1. The smallest absolute Gasteiger partial charge is 0.196 e. The van der Waals surface area contributed by atoms with Crippen LogP contribution in [0.2, 0.25) is 0 Å². The molecule has 1 aromatic heterocycles. The van der Waals surface area contributed by atoms with Crippen molar-refractivity contribution in [2.24, 2.45) is 0 Å². The largest absolute Gasteiger partial charge is 0.360 e. The van der Waals surface area contributed by atoms with Crippen LogP contribution in [0.25, 0.3) is 10.9 Å². The molecule has 0 unspecified atom stereocenters. The van der Waals surface area contributed by atoms with Crippen LogP contribution in [0.15, 0.2) is 51.5 Å². The minimum absolute atomic E-state index is 0.189. The van der Waals surface area contributed by atoms with Gasteiger partial charge in [0.05, 0.1) is 4.47 Å². The Kier molecular flexibility index (Phi) is 3.48. The predicted octanol–water partition coefficient (Wildman–Crippen LogP) is 5.06. The molecular formula is C15H8Br2FNO. The van der Waals surface area contributed by atoms with Gasteiger partial charge in [0.2, 0.25) is 0 Å². The fourth-order valence-corrected chi connectivity index (χ4v) is 2.91. The van der Waals surface area contributed by atoms with Gasteiger partial charge in [-0.15, -0.1) is 0 Å². The molecule has 2 aromatic carbocycles. The molecule has 1 N–H and O–H groups in total. The first kappa shape index (κ1) is 13.5. The van der Waals surface area contributed by atoms with Crippen molar-refractivity contribution in [3.8, 4) is 0 Å². The number of hydrogen-bond acceptors (Lipinski definition) is 1. The second kappa shape index (κ2) is 5.14. The summed E-state index contributed by atoms with van der Waals surface area (Å²) in [6.45, 7) is 0. The van der Waals surface area contributed by atoms with Crippen LogP contribution in [0, 0.1) is 5.82 Å². The standard InChI is InChI=1S/C15H8Br2FNO/c16-8-4-5-13-10(6-8)11(7-19-13)15(20)9-2-1-3-12(18)14(9)17/h1-7,19H. The summed E-state index contributed by atoms with van der Waals surface area (Å²) >= 11 is 6.52. The maximum atomic E-state index is 13.5. The van der Waals surface area contributed by atoms with Crippen LogP contribution in [0.1, 0.15) is 15.9 Å². The van der Waals surface area contributed by atoms with Crippen LogP contribution >= 0.6 is 31.9 Å². The van der Waals surface area contributed by atoms with E-state index in [2.05, 4.69) is 36.8 Å². The SMILES string of the molecule is O=C(c1cccc(F)c1Br)c1c[nH]c2ccc(Br)cc12. The van der Waals surface area contributed by atoms with Crippen molar-refractivity contribution >= 4 is 48.5 Å². The lowest BCUT2D eigenvalue weighted by atomic mass is 10.0. The fraction of sp³-hybridized carbons (Fsp3) is 0. The van der Waals surface area contributed by atoms with Crippen molar-refractivity contribution in [2.45, 2.75) is 0 Å². The van der Waals surface area contributed by atoms with Gasteiger partial charge in [-0.2, -0.15) is 0 Å². The Morgan fingerprint density at radius 1 is 1.10 bits per heavy atom. The third kappa shape index (κ3) is 2.21. The first-order valence-corrected chi connectivity index (χ1v) is 7.42. The van der Waals surface area contributed by atoms with Crippen LogP contribution in [-0.2, 0) is 0 Å². The summed E-state index contributed by atoms with van der Waals surface area (Å²) in [7, 11) is 0. The molecule has 0 amide bonds. The summed E-state index contributed by atoms with van der Waals surface area (Å²) in [5.74, 6) is -0.669. The highest BCUT2D eigenvalue weighted by molar-refractivity contribution is 9.10. The average Bonchev–Trinajstić information content (AvgIpc) is 2.84. The van der Waals surface area contributed by atoms with Gasteiger partial charge in [-0.25, -0.2) is 4.39 Å². The van der Waals surface area contributed by atoms with Crippen molar-refractivity contribution in [1.82, 2.24) is 4.98 Å². The number of H-pyrrole nitrogens is 1. The zero-order valence-corrected chi connectivity index (χ0v) is 13.3. The Morgan fingerprint density at radius 3 is 2.70 bits per heavy atom. The van der Waals surface area contributed by atoms with Crippen molar-refractivity contribution in [3.05, 3.63) is 68.5 Å². The van der Waals surface area contributed by atoms with Gasteiger partial charge in [-0.1, -0.05) is 22.0 Å². The van der Waals surface area contributed by atoms with Crippen LogP contribution in [0.3, 0.4) is 0 Å². The zero-order valence-electron chi connectivity index (χ0n) is 10.1. The number of halogens is 3. The number of rotatable bonds is 2. The number of nitrogens with one attached hydrogen (secondary N) is 1. The van der Waals surface area contributed by atoms with E-state index in [1.54, 1.807) is 12.3 Å². The quantitative estimate of drug-likeness (QED) is 0.603. The van der Waals surface area contributed by atoms with E-state index in [4.69, 9.17) is 0 Å². The van der Waals surface area contributed by atoms with Gasteiger partial charge in [0, 0.05) is 32.7 Å². The van der Waals surface area contributed by atoms with E-state index >= 15 is 0 Å². The topological polar surface area (TPSA) is 32.9 Å². The predicted molar refractivity (Wildman–Crippen MR) is 83.5 cm³/mol. The maximum absolute atomic E-state index is 13.5. The lowest BCUT2D eigenvalue weighted by molar-refractivity contribution is 0.103. The van der Waals surface area contributed by atoms with Gasteiger partial charge in [-0.3, -0.25) is 4.79 Å². The third-order valence-electron chi connectivity index (χ3n) is 3.08. The van der Waals surface area contributed by atoms with E-state index in [0.29, 0.717) is 11.1 Å². The molecule has 0 saturated heterocycles. The Bertz CT molecular complexity index is 826. The number of aromatic nitrogens is 1. The summed E-state index contributed by atoms with van der Waals surface area (Å²) in [5.41, 5.74) is 1.70. The fourth-order valence-electron chi connectivity index (χ4n) is 2.10. The number of carbonyl (C=O) groups excluding carboxylic acids is 1. The number of fused-ring (bicyclic) bond motifs is 1. The molecule has 0 saturated carbocycles. The number of aromatic amines is 1. The molecule has 0 bridgehead atoms. The molecule has 3 aromatic rings. The molecule has 0 atom stereocenters. The van der Waals surface area contributed by atoms with Crippen LogP contribution in [0.5, 0.6) is 0 Å². The minimum atomic E-state index is -0.447. The number of hydrogen-bond donors (Lipinski definition) is 1. The lowest BCUT2D eigenvalue weighted by Crippen LogP contribution is -2.02. The molecule has 3 rings (SSSR count). The monoisotopic (exact) mass is 395 g/mol. The maximum Gasteiger partial charge on any atom is 0.196 e. The molecule has 5 heteroatoms. The van der Waals surface area contributed by atoms with Gasteiger partial charge in [-0.05, 0) is 46.3 Å². The normalized spacial score (nSPS) is 10.9.